The van der Waals surface area contributed by atoms with E-state index in [9.17, 15) is 4.79 Å². The molecular weight excluding hydrogens is 204 g/mol. The molecule has 0 unspecified atom stereocenters. The number of rotatable bonds is 4. The highest BCUT2D eigenvalue weighted by atomic mass is 32.2. The second-order valence-corrected chi connectivity index (χ2v) is 4.66. The Kier molecular flexibility index (Phi) is 5.19. The minimum absolute atomic E-state index is 0.194. The van der Waals surface area contributed by atoms with E-state index >= 15 is 0 Å². The van der Waals surface area contributed by atoms with Crippen LogP contribution in [-0.2, 0) is 4.79 Å². The molecule has 0 bridgehead atoms. The molecule has 0 atom stereocenters. The van der Waals surface area contributed by atoms with Crippen LogP contribution in [-0.4, -0.2) is 10.9 Å². The third kappa shape index (κ3) is 4.84. The molecule has 15 heavy (non-hydrogen) atoms. The van der Waals surface area contributed by atoms with E-state index in [-0.39, 0.29) is 5.12 Å². The van der Waals surface area contributed by atoms with Gasteiger partial charge >= 0.3 is 0 Å². The molecule has 0 N–H and O–H groups in total. The first-order valence-corrected chi connectivity index (χ1v) is 6.04. The fourth-order valence-corrected chi connectivity index (χ4v) is 1.80. The monoisotopic (exact) mass is 220 g/mol. The minimum Gasteiger partial charge on any atom is -0.288 e. The van der Waals surface area contributed by atoms with Gasteiger partial charge in [0.15, 0.2) is 5.12 Å². The summed E-state index contributed by atoms with van der Waals surface area (Å²) in [5.74, 6) is 0.873. The lowest BCUT2D eigenvalue weighted by Gasteiger charge is -1.98. The highest BCUT2D eigenvalue weighted by Gasteiger charge is 1.92. The van der Waals surface area contributed by atoms with Crippen molar-refractivity contribution < 1.29 is 4.79 Å². The lowest BCUT2D eigenvalue weighted by atomic mass is 10.1. The Bertz CT molecular complexity index is 355. The maximum Gasteiger partial charge on any atom is 0.185 e. The van der Waals surface area contributed by atoms with Crippen LogP contribution >= 0.6 is 11.8 Å². The Morgan fingerprint density at radius 2 is 2.13 bits per heavy atom. The fourth-order valence-electron chi connectivity index (χ4n) is 1.25. The van der Waals surface area contributed by atoms with E-state index in [1.54, 1.807) is 6.92 Å². The summed E-state index contributed by atoms with van der Waals surface area (Å²) < 4.78 is 0. The summed E-state index contributed by atoms with van der Waals surface area (Å²) in [6.45, 7) is 3.71. The average Bonchev–Trinajstić information content (AvgIpc) is 2.20. The van der Waals surface area contributed by atoms with Crippen LogP contribution in [0.2, 0.25) is 0 Å². The molecule has 1 rings (SSSR count). The van der Waals surface area contributed by atoms with Crippen molar-refractivity contribution in [1.29, 1.82) is 0 Å². The van der Waals surface area contributed by atoms with E-state index in [2.05, 4.69) is 31.2 Å². The first-order chi connectivity index (χ1) is 7.20. The molecule has 0 aliphatic heterocycles. The molecule has 0 saturated heterocycles. The molecular formula is C13H16OS. The summed E-state index contributed by atoms with van der Waals surface area (Å²) in [5.41, 5.74) is 2.54. The van der Waals surface area contributed by atoms with Crippen molar-refractivity contribution in [3.05, 3.63) is 41.5 Å². The maximum atomic E-state index is 10.7. The van der Waals surface area contributed by atoms with Crippen LogP contribution in [0.25, 0.3) is 6.08 Å². The number of allylic oxidation sites excluding steroid dienone is 1. The van der Waals surface area contributed by atoms with Crippen molar-refractivity contribution in [1.82, 2.24) is 0 Å². The van der Waals surface area contributed by atoms with Crippen molar-refractivity contribution in [2.45, 2.75) is 20.3 Å². The number of carbonyl (C=O) groups excluding carboxylic acids is 1. The number of hydrogen-bond acceptors (Lipinski definition) is 2. The van der Waals surface area contributed by atoms with Crippen molar-refractivity contribution >= 4 is 23.0 Å². The van der Waals surface area contributed by atoms with Crippen molar-refractivity contribution in [2.24, 2.45) is 0 Å². The number of hydrogen-bond donors (Lipinski definition) is 0. The van der Waals surface area contributed by atoms with Gasteiger partial charge in [0.2, 0.25) is 0 Å². The van der Waals surface area contributed by atoms with Crippen molar-refractivity contribution in [3.8, 4) is 0 Å². The molecule has 1 aromatic rings. The maximum absolute atomic E-state index is 10.7. The number of benzene rings is 1. The normalized spacial score (nSPS) is 10.8. The van der Waals surface area contributed by atoms with Crippen LogP contribution in [0, 0.1) is 6.92 Å². The summed E-state index contributed by atoms with van der Waals surface area (Å²) in [5, 5.41) is 0.194. The van der Waals surface area contributed by atoms with Crippen LogP contribution in [0.3, 0.4) is 0 Å². The van der Waals surface area contributed by atoms with Gasteiger partial charge in [0.05, 0.1) is 0 Å². The standard InChI is InChI=1S/C13H16OS/c1-11-7-3-4-8-13(11)9-5-6-10-15-12(2)14/h3-5,7-9H,6,10H2,1-2H3. The van der Waals surface area contributed by atoms with E-state index < -0.39 is 0 Å². The van der Waals surface area contributed by atoms with E-state index in [4.69, 9.17) is 0 Å². The Morgan fingerprint density at radius 3 is 2.80 bits per heavy atom. The molecule has 2 heteroatoms. The summed E-state index contributed by atoms with van der Waals surface area (Å²) in [4.78, 5) is 10.7. The van der Waals surface area contributed by atoms with E-state index in [1.807, 2.05) is 12.1 Å². The predicted octanol–water partition coefficient (Wildman–Crippen LogP) is 3.68. The quantitative estimate of drug-likeness (QED) is 0.720. The molecule has 1 nitrogen and oxygen atoms in total. The SMILES string of the molecule is CC(=O)SCCC=Cc1ccccc1C. The van der Waals surface area contributed by atoms with E-state index in [0.29, 0.717) is 0 Å². The largest absolute Gasteiger partial charge is 0.288 e. The second kappa shape index (κ2) is 6.46. The lowest BCUT2D eigenvalue weighted by Crippen LogP contribution is -1.84. The van der Waals surface area contributed by atoms with Crippen molar-refractivity contribution in [3.63, 3.8) is 0 Å². The van der Waals surface area contributed by atoms with Crippen molar-refractivity contribution in [2.75, 3.05) is 5.75 Å². The minimum atomic E-state index is 0.194. The van der Waals surface area contributed by atoms with Crippen LogP contribution in [0.4, 0.5) is 0 Å². The Morgan fingerprint density at radius 1 is 1.40 bits per heavy atom. The zero-order valence-corrected chi connectivity index (χ0v) is 10.0. The molecule has 0 radical (unpaired) electrons. The van der Waals surface area contributed by atoms with Crippen LogP contribution in [0.15, 0.2) is 30.3 Å². The van der Waals surface area contributed by atoms with E-state index in [0.717, 1.165) is 12.2 Å². The molecule has 0 aliphatic rings. The topological polar surface area (TPSA) is 17.1 Å². The van der Waals surface area contributed by atoms with Gasteiger partial charge in [0, 0.05) is 12.7 Å². The van der Waals surface area contributed by atoms with E-state index in [1.165, 1.54) is 22.9 Å². The molecule has 80 valence electrons. The smallest absolute Gasteiger partial charge is 0.185 e. The molecule has 0 heterocycles. The summed E-state index contributed by atoms with van der Waals surface area (Å²) in [7, 11) is 0. The number of aryl methyl sites for hydroxylation is 1. The lowest BCUT2D eigenvalue weighted by molar-refractivity contribution is -0.109. The second-order valence-electron chi connectivity index (χ2n) is 3.39. The zero-order valence-electron chi connectivity index (χ0n) is 9.19. The van der Waals surface area contributed by atoms with Crippen LogP contribution in [0.5, 0.6) is 0 Å². The van der Waals surface area contributed by atoms with Gasteiger partial charge in [-0.05, 0) is 24.5 Å². The molecule has 0 aliphatic carbocycles. The van der Waals surface area contributed by atoms with Gasteiger partial charge in [-0.15, -0.1) is 0 Å². The van der Waals surface area contributed by atoms with Gasteiger partial charge in [-0.3, -0.25) is 4.79 Å². The molecule has 0 spiro atoms. The predicted molar refractivity (Wildman–Crippen MR) is 68.0 cm³/mol. The zero-order chi connectivity index (χ0) is 11.1. The summed E-state index contributed by atoms with van der Waals surface area (Å²) >= 11 is 1.38. The van der Waals surface area contributed by atoms with Gasteiger partial charge in [-0.25, -0.2) is 0 Å². The molecule has 0 amide bonds. The highest BCUT2D eigenvalue weighted by molar-refractivity contribution is 8.13. The summed E-state index contributed by atoms with van der Waals surface area (Å²) in [6.07, 6.45) is 5.19. The first-order valence-electron chi connectivity index (χ1n) is 5.05. The van der Waals surface area contributed by atoms with Crippen LogP contribution in [0.1, 0.15) is 24.5 Å². The Balaban J connectivity index is 2.38. The number of thioether (sulfide) groups is 1. The van der Waals surface area contributed by atoms with Gasteiger partial charge < -0.3 is 0 Å². The molecule has 0 saturated carbocycles. The Hall–Kier alpha value is -1.02. The summed E-state index contributed by atoms with van der Waals surface area (Å²) in [6, 6.07) is 8.28. The number of carbonyl (C=O) groups is 1. The third-order valence-corrected chi connectivity index (χ3v) is 2.92. The van der Waals surface area contributed by atoms with Gasteiger partial charge in [0.1, 0.15) is 0 Å². The Labute approximate surface area is 95.6 Å². The van der Waals surface area contributed by atoms with Gasteiger partial charge in [0.25, 0.3) is 0 Å². The fraction of sp³-hybridized carbons (Fsp3) is 0.308. The van der Waals surface area contributed by atoms with Gasteiger partial charge in [-0.2, -0.15) is 0 Å². The first kappa shape index (κ1) is 12.1. The third-order valence-electron chi connectivity index (χ3n) is 2.08. The van der Waals surface area contributed by atoms with Crippen LogP contribution < -0.4 is 0 Å². The highest BCUT2D eigenvalue weighted by Crippen LogP contribution is 2.10. The molecule has 0 fully saturated rings. The van der Waals surface area contributed by atoms with Gasteiger partial charge in [-0.1, -0.05) is 48.2 Å². The molecule has 0 aromatic heterocycles. The molecule has 1 aromatic carbocycles. The average molecular weight is 220 g/mol.